The quantitative estimate of drug-likeness (QED) is 0.835. The van der Waals surface area contributed by atoms with E-state index in [1.54, 1.807) is 0 Å². The second-order valence-corrected chi connectivity index (χ2v) is 7.04. The summed E-state index contributed by atoms with van der Waals surface area (Å²) in [5.74, 6) is 3.62. The van der Waals surface area contributed by atoms with Gasteiger partial charge in [0.2, 0.25) is 0 Å². The molecule has 2 rings (SSSR count). The average Bonchev–Trinajstić information content (AvgIpc) is 2.43. The molecule has 1 saturated heterocycles. The van der Waals surface area contributed by atoms with Crippen molar-refractivity contribution >= 4 is 23.4 Å². The highest BCUT2D eigenvalue weighted by molar-refractivity contribution is 7.99. The summed E-state index contributed by atoms with van der Waals surface area (Å²) in [6, 6.07) is 8.92. The van der Waals surface area contributed by atoms with Crippen LogP contribution in [-0.4, -0.2) is 24.1 Å². The first-order valence-electron chi connectivity index (χ1n) is 7.33. The maximum absolute atomic E-state index is 5.95. The molecular formula is C16H24ClNS. The molecule has 1 fully saturated rings. The fourth-order valence-electron chi connectivity index (χ4n) is 2.82. The molecule has 1 N–H and O–H groups in total. The van der Waals surface area contributed by atoms with Gasteiger partial charge in [-0.25, -0.2) is 0 Å². The number of nitrogens with one attached hydrogen (secondary N) is 1. The van der Waals surface area contributed by atoms with Crippen molar-refractivity contribution in [2.75, 3.05) is 18.1 Å². The number of benzene rings is 1. The number of likely N-dealkylation sites (N-methyl/N-ethyl adjacent to an activating group) is 1. The first-order valence-corrected chi connectivity index (χ1v) is 8.86. The summed E-state index contributed by atoms with van der Waals surface area (Å²) in [5.41, 5.74) is 1.39. The minimum Gasteiger partial charge on any atom is -0.314 e. The van der Waals surface area contributed by atoms with Crippen molar-refractivity contribution in [3.8, 4) is 0 Å². The largest absolute Gasteiger partial charge is 0.314 e. The molecule has 0 spiro atoms. The molecule has 1 aromatic rings. The molecule has 1 unspecified atom stereocenters. The highest BCUT2D eigenvalue weighted by Crippen LogP contribution is 2.27. The average molecular weight is 298 g/mol. The Bertz CT molecular complexity index is 360. The Labute approximate surface area is 126 Å². The first kappa shape index (κ1) is 15.2. The highest BCUT2D eigenvalue weighted by atomic mass is 35.5. The van der Waals surface area contributed by atoms with Crippen LogP contribution < -0.4 is 5.32 Å². The molecule has 1 atom stereocenters. The van der Waals surface area contributed by atoms with E-state index in [9.17, 15) is 0 Å². The zero-order valence-corrected chi connectivity index (χ0v) is 13.3. The van der Waals surface area contributed by atoms with Crippen molar-refractivity contribution in [2.45, 2.75) is 38.6 Å². The summed E-state index contributed by atoms with van der Waals surface area (Å²) in [7, 11) is 0. The number of hydrogen-bond donors (Lipinski definition) is 1. The van der Waals surface area contributed by atoms with E-state index in [2.05, 4.69) is 36.1 Å². The normalized spacial score (nSPS) is 18.4. The maximum Gasteiger partial charge on any atom is 0.0406 e. The van der Waals surface area contributed by atoms with Crippen molar-refractivity contribution in [2.24, 2.45) is 5.92 Å². The van der Waals surface area contributed by atoms with Gasteiger partial charge in [-0.05, 0) is 67.3 Å². The molecule has 0 aliphatic carbocycles. The van der Waals surface area contributed by atoms with Crippen LogP contribution in [-0.2, 0) is 6.42 Å². The van der Waals surface area contributed by atoms with Crippen molar-refractivity contribution in [3.05, 3.63) is 34.9 Å². The van der Waals surface area contributed by atoms with Gasteiger partial charge >= 0.3 is 0 Å². The summed E-state index contributed by atoms with van der Waals surface area (Å²) in [5, 5.41) is 4.48. The van der Waals surface area contributed by atoms with Crippen LogP contribution in [0.15, 0.2) is 24.3 Å². The molecule has 1 aliphatic rings. The summed E-state index contributed by atoms with van der Waals surface area (Å²) in [4.78, 5) is 0. The predicted molar refractivity (Wildman–Crippen MR) is 87.3 cm³/mol. The molecule has 19 heavy (non-hydrogen) atoms. The fraction of sp³-hybridized carbons (Fsp3) is 0.625. The lowest BCUT2D eigenvalue weighted by Gasteiger charge is -2.27. The smallest absolute Gasteiger partial charge is 0.0406 e. The van der Waals surface area contributed by atoms with E-state index in [0.29, 0.717) is 6.04 Å². The van der Waals surface area contributed by atoms with E-state index in [-0.39, 0.29) is 0 Å². The van der Waals surface area contributed by atoms with Crippen LogP contribution in [0.4, 0.5) is 0 Å². The molecule has 0 radical (unpaired) electrons. The van der Waals surface area contributed by atoms with Gasteiger partial charge in [0.05, 0.1) is 0 Å². The zero-order valence-electron chi connectivity index (χ0n) is 11.7. The Morgan fingerprint density at radius 3 is 2.58 bits per heavy atom. The number of thioether (sulfide) groups is 1. The van der Waals surface area contributed by atoms with Gasteiger partial charge in [0.25, 0.3) is 0 Å². The first-order chi connectivity index (χ1) is 9.28. The Morgan fingerprint density at radius 1 is 1.26 bits per heavy atom. The highest BCUT2D eigenvalue weighted by Gasteiger charge is 2.18. The third kappa shape index (κ3) is 5.37. The molecule has 1 aliphatic heterocycles. The van der Waals surface area contributed by atoms with Crippen molar-refractivity contribution in [1.29, 1.82) is 0 Å². The van der Waals surface area contributed by atoms with E-state index in [1.165, 1.54) is 36.3 Å². The summed E-state index contributed by atoms with van der Waals surface area (Å²) >= 11 is 8.06. The van der Waals surface area contributed by atoms with Gasteiger partial charge in [0, 0.05) is 11.1 Å². The van der Waals surface area contributed by atoms with Gasteiger partial charge in [-0.15, -0.1) is 0 Å². The Morgan fingerprint density at radius 2 is 1.95 bits per heavy atom. The van der Waals surface area contributed by atoms with Gasteiger partial charge in [-0.1, -0.05) is 30.7 Å². The van der Waals surface area contributed by atoms with E-state index < -0.39 is 0 Å². The second kappa shape index (κ2) is 8.18. The zero-order chi connectivity index (χ0) is 13.5. The van der Waals surface area contributed by atoms with Crippen LogP contribution in [0.5, 0.6) is 0 Å². The third-order valence-corrected chi connectivity index (χ3v) is 5.15. The molecular weight excluding hydrogens is 274 g/mol. The third-order valence-electron chi connectivity index (χ3n) is 3.85. The maximum atomic E-state index is 5.95. The Kier molecular flexibility index (Phi) is 6.55. The van der Waals surface area contributed by atoms with Gasteiger partial charge in [0.15, 0.2) is 0 Å². The second-order valence-electron chi connectivity index (χ2n) is 5.38. The van der Waals surface area contributed by atoms with Crippen LogP contribution in [0.2, 0.25) is 5.02 Å². The van der Waals surface area contributed by atoms with E-state index in [4.69, 9.17) is 11.6 Å². The predicted octanol–water partition coefficient (Wildman–Crippen LogP) is 4.39. The number of halogens is 1. The molecule has 0 saturated carbocycles. The van der Waals surface area contributed by atoms with Crippen LogP contribution in [0.25, 0.3) is 0 Å². The van der Waals surface area contributed by atoms with Crippen LogP contribution in [0, 0.1) is 5.92 Å². The monoisotopic (exact) mass is 297 g/mol. The van der Waals surface area contributed by atoms with Crippen molar-refractivity contribution < 1.29 is 0 Å². The minimum absolute atomic E-state index is 0.610. The van der Waals surface area contributed by atoms with Gasteiger partial charge < -0.3 is 5.32 Å². The van der Waals surface area contributed by atoms with Gasteiger partial charge in [-0.3, -0.25) is 0 Å². The van der Waals surface area contributed by atoms with Crippen molar-refractivity contribution in [3.63, 3.8) is 0 Å². The van der Waals surface area contributed by atoms with Crippen LogP contribution in [0.3, 0.4) is 0 Å². The van der Waals surface area contributed by atoms with Gasteiger partial charge in [-0.2, -0.15) is 11.8 Å². The lowest BCUT2D eigenvalue weighted by atomic mass is 9.91. The molecule has 106 valence electrons. The molecule has 0 aromatic heterocycles. The topological polar surface area (TPSA) is 12.0 Å². The fourth-order valence-corrected chi connectivity index (χ4v) is 4.15. The minimum atomic E-state index is 0.610. The Hall–Kier alpha value is -0.180. The van der Waals surface area contributed by atoms with E-state index in [1.807, 2.05) is 12.1 Å². The summed E-state index contributed by atoms with van der Waals surface area (Å²) in [6.07, 6.45) is 5.23. The van der Waals surface area contributed by atoms with Crippen molar-refractivity contribution in [1.82, 2.24) is 5.32 Å². The molecule has 1 aromatic carbocycles. The van der Waals surface area contributed by atoms with E-state index in [0.717, 1.165) is 23.9 Å². The lowest BCUT2D eigenvalue weighted by Crippen LogP contribution is -2.33. The van der Waals surface area contributed by atoms with E-state index >= 15 is 0 Å². The molecule has 0 amide bonds. The van der Waals surface area contributed by atoms with Crippen LogP contribution in [0.1, 0.15) is 31.7 Å². The SMILES string of the molecule is CCNC(Cc1ccc(Cl)cc1)CC1CCSCC1. The van der Waals surface area contributed by atoms with Gasteiger partial charge in [0.1, 0.15) is 0 Å². The molecule has 3 heteroatoms. The molecule has 0 bridgehead atoms. The number of hydrogen-bond acceptors (Lipinski definition) is 2. The summed E-state index contributed by atoms with van der Waals surface area (Å²) in [6.45, 7) is 3.26. The van der Waals surface area contributed by atoms with Crippen LogP contribution >= 0.6 is 23.4 Å². The summed E-state index contributed by atoms with van der Waals surface area (Å²) < 4.78 is 0. The lowest BCUT2D eigenvalue weighted by molar-refractivity contribution is 0.366. The molecule has 1 heterocycles. The standard InChI is InChI=1S/C16H24ClNS/c1-2-18-16(12-14-7-9-19-10-8-14)11-13-3-5-15(17)6-4-13/h3-6,14,16,18H,2,7-12H2,1H3. The Balaban J connectivity index is 1.89. The number of rotatable bonds is 6. The molecule has 1 nitrogen and oxygen atoms in total.